The Morgan fingerprint density at radius 2 is 2.00 bits per heavy atom. The van der Waals surface area contributed by atoms with Crippen molar-refractivity contribution in [2.24, 2.45) is 0 Å². The van der Waals surface area contributed by atoms with Gasteiger partial charge >= 0.3 is 0 Å². The van der Waals surface area contributed by atoms with Crippen molar-refractivity contribution in [2.45, 2.75) is 51.6 Å². The average Bonchev–Trinajstić information content (AvgIpc) is 2.82. The van der Waals surface area contributed by atoms with Crippen LogP contribution < -0.4 is 0 Å². The topological polar surface area (TPSA) is 63.3 Å². The largest absolute Gasteiger partial charge is 0.396 e. The molecule has 0 unspecified atom stereocenters. The third kappa shape index (κ3) is 3.30. The molecule has 0 aromatic carbocycles. The monoisotopic (exact) mass is 294 g/mol. The molecular weight excluding hydrogens is 272 g/mol. The molecule has 0 aliphatic rings. The molecule has 0 spiro atoms. The molecule has 6 heteroatoms. The molecule has 2 heterocycles. The Hall–Kier alpha value is -1.14. The first-order valence-electron chi connectivity index (χ1n) is 7.13. The van der Waals surface area contributed by atoms with E-state index in [1.165, 1.54) is 18.4 Å². The van der Waals surface area contributed by atoms with Crippen LogP contribution in [-0.4, -0.2) is 37.0 Å². The van der Waals surface area contributed by atoms with Gasteiger partial charge in [-0.3, -0.25) is 0 Å². The number of hydrogen-bond acceptors (Lipinski definition) is 5. The first-order valence-corrected chi connectivity index (χ1v) is 8.12. The summed E-state index contributed by atoms with van der Waals surface area (Å²) in [5, 5.41) is 14.1. The molecule has 5 nitrogen and oxygen atoms in total. The van der Waals surface area contributed by atoms with E-state index in [2.05, 4.69) is 28.9 Å². The number of nitrogens with zero attached hydrogens (tertiary/aromatic N) is 4. The van der Waals surface area contributed by atoms with Gasteiger partial charge in [-0.15, -0.1) is 5.10 Å². The minimum Gasteiger partial charge on any atom is -0.396 e. The number of thioether (sulfide) groups is 1. The van der Waals surface area contributed by atoms with E-state index in [1.54, 1.807) is 11.8 Å². The zero-order valence-corrected chi connectivity index (χ0v) is 13.2. The van der Waals surface area contributed by atoms with Gasteiger partial charge in [-0.1, -0.05) is 25.1 Å². The zero-order valence-electron chi connectivity index (χ0n) is 12.4. The predicted molar refractivity (Wildman–Crippen MR) is 81.3 cm³/mol. The highest BCUT2D eigenvalue weighted by molar-refractivity contribution is 7.99. The minimum absolute atomic E-state index is 0.206. The van der Waals surface area contributed by atoms with Gasteiger partial charge < -0.3 is 5.11 Å². The SMILES string of the molecule is CCCCc1c(C)nc2nc(SCCCO)nn2c1C. The Morgan fingerprint density at radius 1 is 1.20 bits per heavy atom. The van der Waals surface area contributed by atoms with Crippen molar-refractivity contribution in [2.75, 3.05) is 12.4 Å². The van der Waals surface area contributed by atoms with E-state index in [0.717, 1.165) is 35.1 Å². The number of hydrogen-bond donors (Lipinski definition) is 1. The molecule has 0 atom stereocenters. The van der Waals surface area contributed by atoms with Crippen molar-refractivity contribution >= 4 is 17.5 Å². The molecule has 0 aliphatic carbocycles. The highest BCUT2D eigenvalue weighted by Gasteiger charge is 2.13. The Balaban J connectivity index is 2.29. The number of rotatable bonds is 7. The van der Waals surface area contributed by atoms with Gasteiger partial charge in [-0.05, 0) is 38.7 Å². The lowest BCUT2D eigenvalue weighted by molar-refractivity contribution is 0.296. The molecule has 0 bridgehead atoms. The summed E-state index contributed by atoms with van der Waals surface area (Å²) < 4.78 is 1.85. The molecule has 2 aromatic rings. The molecule has 0 aliphatic heterocycles. The molecule has 0 saturated heterocycles. The van der Waals surface area contributed by atoms with Gasteiger partial charge in [0.1, 0.15) is 0 Å². The van der Waals surface area contributed by atoms with Crippen LogP contribution in [0.4, 0.5) is 0 Å². The van der Waals surface area contributed by atoms with Crippen LogP contribution in [0.25, 0.3) is 5.78 Å². The minimum atomic E-state index is 0.206. The van der Waals surface area contributed by atoms with E-state index >= 15 is 0 Å². The number of unbranched alkanes of at least 4 members (excludes halogenated alkanes) is 1. The van der Waals surface area contributed by atoms with Gasteiger partial charge in [0.15, 0.2) is 0 Å². The van der Waals surface area contributed by atoms with Crippen LogP contribution in [0.3, 0.4) is 0 Å². The molecule has 110 valence electrons. The Bertz CT molecular complexity index is 582. The molecule has 2 aromatic heterocycles. The summed E-state index contributed by atoms with van der Waals surface area (Å²) in [5.41, 5.74) is 3.49. The van der Waals surface area contributed by atoms with Gasteiger partial charge in [0.2, 0.25) is 5.16 Å². The van der Waals surface area contributed by atoms with Crippen molar-refractivity contribution < 1.29 is 5.11 Å². The van der Waals surface area contributed by atoms with E-state index in [-0.39, 0.29) is 6.61 Å². The maximum atomic E-state index is 8.81. The van der Waals surface area contributed by atoms with Crippen LogP contribution in [-0.2, 0) is 6.42 Å². The fourth-order valence-electron chi connectivity index (χ4n) is 2.19. The number of aliphatic hydroxyl groups excluding tert-OH is 1. The number of aryl methyl sites for hydroxylation is 2. The molecule has 0 amide bonds. The third-order valence-corrected chi connectivity index (χ3v) is 4.27. The van der Waals surface area contributed by atoms with Gasteiger partial charge in [0, 0.05) is 23.7 Å². The molecule has 0 radical (unpaired) electrons. The summed E-state index contributed by atoms with van der Waals surface area (Å²) in [5.74, 6) is 1.50. The summed E-state index contributed by atoms with van der Waals surface area (Å²) in [6.07, 6.45) is 4.15. The Morgan fingerprint density at radius 3 is 2.70 bits per heavy atom. The van der Waals surface area contributed by atoms with Crippen LogP contribution >= 0.6 is 11.8 Å². The van der Waals surface area contributed by atoms with Gasteiger partial charge in [0.05, 0.1) is 0 Å². The number of fused-ring (bicyclic) bond motifs is 1. The van der Waals surface area contributed by atoms with E-state index in [4.69, 9.17) is 5.11 Å². The van der Waals surface area contributed by atoms with Crippen molar-refractivity contribution in [3.8, 4) is 0 Å². The second-order valence-corrected chi connectivity index (χ2v) is 5.96. The summed E-state index contributed by atoms with van der Waals surface area (Å²) in [7, 11) is 0. The van der Waals surface area contributed by atoms with Gasteiger partial charge in [0.25, 0.3) is 5.78 Å². The Kier molecular flexibility index (Phi) is 5.37. The smallest absolute Gasteiger partial charge is 0.253 e. The predicted octanol–water partition coefficient (Wildman–Crippen LogP) is 2.56. The quantitative estimate of drug-likeness (QED) is 0.628. The lowest BCUT2D eigenvalue weighted by Gasteiger charge is -2.09. The normalized spacial score (nSPS) is 11.4. The highest BCUT2D eigenvalue weighted by atomic mass is 32.2. The van der Waals surface area contributed by atoms with E-state index in [0.29, 0.717) is 5.78 Å². The standard InChI is InChI=1S/C14H22N4OS/c1-4-5-7-12-10(2)15-13-16-14(20-9-6-8-19)17-18(13)11(12)3/h19H,4-9H2,1-3H3. The van der Waals surface area contributed by atoms with Crippen LogP contribution in [0.2, 0.25) is 0 Å². The third-order valence-electron chi connectivity index (χ3n) is 3.34. The maximum absolute atomic E-state index is 8.81. The van der Waals surface area contributed by atoms with Gasteiger partial charge in [-0.2, -0.15) is 4.98 Å². The van der Waals surface area contributed by atoms with Crippen LogP contribution in [0.1, 0.15) is 43.1 Å². The van der Waals surface area contributed by atoms with Crippen LogP contribution in [0.15, 0.2) is 5.16 Å². The van der Waals surface area contributed by atoms with Gasteiger partial charge in [-0.25, -0.2) is 9.50 Å². The van der Waals surface area contributed by atoms with Crippen LogP contribution in [0.5, 0.6) is 0 Å². The maximum Gasteiger partial charge on any atom is 0.253 e. The number of aromatic nitrogens is 4. The van der Waals surface area contributed by atoms with Crippen molar-refractivity contribution in [3.05, 3.63) is 17.0 Å². The molecule has 2 rings (SSSR count). The zero-order chi connectivity index (χ0) is 14.5. The summed E-state index contributed by atoms with van der Waals surface area (Å²) in [6.45, 7) is 6.54. The fourth-order valence-corrected chi connectivity index (χ4v) is 2.94. The molecule has 0 saturated carbocycles. The van der Waals surface area contributed by atoms with Crippen molar-refractivity contribution in [1.29, 1.82) is 0 Å². The first-order chi connectivity index (χ1) is 9.67. The second kappa shape index (κ2) is 7.04. The van der Waals surface area contributed by atoms with E-state index in [9.17, 15) is 0 Å². The highest BCUT2D eigenvalue weighted by Crippen LogP contribution is 2.19. The molecular formula is C14H22N4OS. The van der Waals surface area contributed by atoms with E-state index < -0.39 is 0 Å². The summed E-state index contributed by atoms with van der Waals surface area (Å²) >= 11 is 1.57. The van der Waals surface area contributed by atoms with Crippen molar-refractivity contribution in [1.82, 2.24) is 19.6 Å². The van der Waals surface area contributed by atoms with Crippen molar-refractivity contribution in [3.63, 3.8) is 0 Å². The number of aliphatic hydroxyl groups is 1. The second-order valence-electron chi connectivity index (χ2n) is 4.90. The molecule has 20 heavy (non-hydrogen) atoms. The Labute approximate surface area is 123 Å². The first kappa shape index (κ1) is 15.3. The lowest BCUT2D eigenvalue weighted by atomic mass is 10.1. The molecule has 0 fully saturated rings. The van der Waals surface area contributed by atoms with Crippen LogP contribution in [0, 0.1) is 13.8 Å². The fraction of sp³-hybridized carbons (Fsp3) is 0.643. The summed E-state index contributed by atoms with van der Waals surface area (Å²) in [6, 6.07) is 0. The molecule has 1 N–H and O–H groups in total. The average molecular weight is 294 g/mol. The summed E-state index contributed by atoms with van der Waals surface area (Å²) in [4.78, 5) is 9.01. The lowest BCUT2D eigenvalue weighted by Crippen LogP contribution is -2.05. The van der Waals surface area contributed by atoms with E-state index in [1.807, 2.05) is 11.4 Å².